The number of carbonyl (C=O) groups is 1. The number of aryl methyl sites for hydroxylation is 1. The van der Waals surface area contributed by atoms with Crippen LogP contribution in [-0.4, -0.2) is 43.5 Å². The Kier molecular flexibility index (Phi) is 5.95. The van der Waals surface area contributed by atoms with Crippen LogP contribution in [-0.2, 0) is 14.6 Å². The van der Waals surface area contributed by atoms with Gasteiger partial charge < -0.3 is 16.0 Å². The summed E-state index contributed by atoms with van der Waals surface area (Å²) in [6.45, 7) is 2.40. The summed E-state index contributed by atoms with van der Waals surface area (Å²) < 4.78 is 22.7. The molecule has 0 saturated carbocycles. The molecule has 6 nitrogen and oxygen atoms in total. The minimum Gasteiger partial charge on any atom is -0.362 e. The topological polar surface area (TPSA) is 87.3 Å². The second-order valence-electron chi connectivity index (χ2n) is 5.66. The molecule has 8 heteroatoms. The summed E-state index contributed by atoms with van der Waals surface area (Å²) in [4.78, 5) is 11.8. The quantitative estimate of drug-likeness (QED) is 0.683. The smallest absolute Gasteiger partial charge is 0.222 e. The van der Waals surface area contributed by atoms with Crippen LogP contribution in [0.15, 0.2) is 24.3 Å². The van der Waals surface area contributed by atoms with Crippen molar-refractivity contribution in [1.82, 2.24) is 10.6 Å². The zero-order valence-electron chi connectivity index (χ0n) is 13.0. The first-order chi connectivity index (χ1) is 10.8. The molecule has 1 amide bonds. The van der Waals surface area contributed by atoms with Gasteiger partial charge in [-0.2, -0.15) is 0 Å². The maximum absolute atomic E-state index is 11.8. The van der Waals surface area contributed by atoms with E-state index in [2.05, 4.69) is 16.0 Å². The van der Waals surface area contributed by atoms with E-state index in [9.17, 15) is 13.2 Å². The molecule has 3 N–H and O–H groups in total. The lowest BCUT2D eigenvalue weighted by molar-refractivity contribution is -0.121. The fourth-order valence-electron chi connectivity index (χ4n) is 2.31. The van der Waals surface area contributed by atoms with Gasteiger partial charge in [0.15, 0.2) is 14.9 Å². The number of hydrogen-bond acceptors (Lipinski definition) is 4. The van der Waals surface area contributed by atoms with Crippen LogP contribution >= 0.6 is 12.2 Å². The zero-order chi connectivity index (χ0) is 16.9. The maximum Gasteiger partial charge on any atom is 0.222 e. The predicted molar refractivity (Wildman–Crippen MR) is 95.2 cm³/mol. The zero-order valence-corrected chi connectivity index (χ0v) is 14.6. The van der Waals surface area contributed by atoms with E-state index in [4.69, 9.17) is 12.2 Å². The highest BCUT2D eigenvalue weighted by Gasteiger charge is 2.28. The van der Waals surface area contributed by atoms with Crippen LogP contribution in [0.3, 0.4) is 0 Å². The van der Waals surface area contributed by atoms with Crippen molar-refractivity contribution in [3.8, 4) is 0 Å². The fourth-order valence-corrected chi connectivity index (χ4v) is 4.20. The lowest BCUT2D eigenvalue weighted by atomic mass is 10.2. The number of carbonyl (C=O) groups excluding carboxylic acids is 1. The van der Waals surface area contributed by atoms with E-state index in [0.717, 1.165) is 5.69 Å². The molecule has 1 aromatic carbocycles. The Morgan fingerprint density at radius 2 is 2.00 bits per heavy atom. The third-order valence-electron chi connectivity index (χ3n) is 3.54. The summed E-state index contributed by atoms with van der Waals surface area (Å²) in [7, 11) is -2.97. The second-order valence-corrected chi connectivity index (χ2v) is 8.30. The monoisotopic (exact) mass is 355 g/mol. The Bertz CT molecular complexity index is 672. The highest BCUT2D eigenvalue weighted by atomic mass is 32.2. The Morgan fingerprint density at radius 1 is 1.30 bits per heavy atom. The van der Waals surface area contributed by atoms with Gasteiger partial charge in [0.1, 0.15) is 0 Å². The van der Waals surface area contributed by atoms with Crippen molar-refractivity contribution in [1.29, 1.82) is 0 Å². The van der Waals surface area contributed by atoms with E-state index < -0.39 is 9.84 Å². The molecule has 1 aliphatic rings. The highest BCUT2D eigenvalue weighted by molar-refractivity contribution is 7.91. The molecule has 0 bridgehead atoms. The molecule has 23 heavy (non-hydrogen) atoms. The molecule has 2 rings (SSSR count). The molecular formula is C15H21N3O3S2. The van der Waals surface area contributed by atoms with Gasteiger partial charge in [-0.25, -0.2) is 8.42 Å². The first kappa shape index (κ1) is 17.7. The number of benzene rings is 1. The van der Waals surface area contributed by atoms with Gasteiger partial charge in [0.25, 0.3) is 0 Å². The van der Waals surface area contributed by atoms with Gasteiger partial charge >= 0.3 is 0 Å². The van der Waals surface area contributed by atoms with Crippen molar-refractivity contribution in [3.05, 3.63) is 29.8 Å². The van der Waals surface area contributed by atoms with Crippen LogP contribution in [0.2, 0.25) is 0 Å². The summed E-state index contributed by atoms with van der Waals surface area (Å²) in [5, 5.41) is 9.19. The molecule has 1 aliphatic heterocycles. The van der Waals surface area contributed by atoms with E-state index in [-0.39, 0.29) is 29.9 Å². The van der Waals surface area contributed by atoms with Gasteiger partial charge in [-0.05, 0) is 37.7 Å². The number of hydrogen-bond donors (Lipinski definition) is 3. The fraction of sp³-hybridized carbons (Fsp3) is 0.467. The van der Waals surface area contributed by atoms with E-state index in [0.29, 0.717) is 18.1 Å². The first-order valence-electron chi connectivity index (χ1n) is 7.45. The molecule has 1 atom stereocenters. The van der Waals surface area contributed by atoms with Gasteiger partial charge in [-0.1, -0.05) is 17.7 Å². The number of thiocarbonyl (C=S) groups is 1. The van der Waals surface area contributed by atoms with E-state index >= 15 is 0 Å². The predicted octanol–water partition coefficient (Wildman–Crippen LogP) is 0.975. The van der Waals surface area contributed by atoms with E-state index in [1.54, 1.807) is 0 Å². The average Bonchev–Trinajstić information content (AvgIpc) is 2.80. The largest absolute Gasteiger partial charge is 0.362 e. The van der Waals surface area contributed by atoms with Crippen molar-refractivity contribution >= 4 is 38.8 Å². The number of rotatable bonds is 5. The second kappa shape index (κ2) is 7.74. The van der Waals surface area contributed by atoms with Crippen LogP contribution in [0.4, 0.5) is 5.69 Å². The molecule has 126 valence electrons. The molecule has 1 saturated heterocycles. The van der Waals surface area contributed by atoms with Crippen LogP contribution in [0, 0.1) is 6.92 Å². The molecular weight excluding hydrogens is 334 g/mol. The standard InChI is InChI=1S/C15H21N3O3S2/c1-11-2-4-12(5-3-11)18-15(22)16-8-6-14(19)17-13-7-9-23(20,21)10-13/h2-5,13H,6-10H2,1H3,(H,17,19)(H2,16,18,22). The minimum absolute atomic E-state index is 0.0412. The summed E-state index contributed by atoms with van der Waals surface area (Å²) in [6.07, 6.45) is 0.737. The Morgan fingerprint density at radius 3 is 2.61 bits per heavy atom. The van der Waals surface area contributed by atoms with Gasteiger partial charge in [-0.3, -0.25) is 4.79 Å². The van der Waals surface area contributed by atoms with E-state index in [1.165, 1.54) is 5.56 Å². The number of nitrogens with one attached hydrogen (secondary N) is 3. The molecule has 0 aliphatic carbocycles. The van der Waals surface area contributed by atoms with Crippen LogP contribution in [0.1, 0.15) is 18.4 Å². The van der Waals surface area contributed by atoms with Crippen LogP contribution < -0.4 is 16.0 Å². The first-order valence-corrected chi connectivity index (χ1v) is 9.68. The molecule has 1 fully saturated rings. The van der Waals surface area contributed by atoms with E-state index in [1.807, 2.05) is 31.2 Å². The van der Waals surface area contributed by atoms with Crippen LogP contribution in [0.5, 0.6) is 0 Å². The summed E-state index contributed by atoms with van der Waals surface area (Å²) in [5.41, 5.74) is 2.05. The van der Waals surface area contributed by atoms with Crippen molar-refractivity contribution < 1.29 is 13.2 Å². The third kappa shape index (κ3) is 6.15. The Labute approximate surface area is 142 Å². The van der Waals surface area contributed by atoms with Gasteiger partial charge in [0.2, 0.25) is 5.91 Å². The third-order valence-corrected chi connectivity index (χ3v) is 5.56. The SMILES string of the molecule is Cc1ccc(NC(=S)NCCC(=O)NC2CCS(=O)(=O)C2)cc1. The lowest BCUT2D eigenvalue weighted by Gasteiger charge is -2.13. The molecule has 0 radical (unpaired) electrons. The Balaban J connectivity index is 1.65. The lowest BCUT2D eigenvalue weighted by Crippen LogP contribution is -2.38. The minimum atomic E-state index is -2.97. The number of amides is 1. The van der Waals surface area contributed by atoms with Crippen molar-refractivity contribution in [2.75, 3.05) is 23.4 Å². The highest BCUT2D eigenvalue weighted by Crippen LogP contribution is 2.11. The van der Waals surface area contributed by atoms with Crippen molar-refractivity contribution in [2.45, 2.75) is 25.8 Å². The molecule has 0 spiro atoms. The maximum atomic E-state index is 11.8. The number of anilines is 1. The van der Waals surface area contributed by atoms with Gasteiger partial charge in [0, 0.05) is 24.7 Å². The van der Waals surface area contributed by atoms with Crippen molar-refractivity contribution in [2.24, 2.45) is 0 Å². The molecule has 1 aromatic rings. The molecule has 1 unspecified atom stereocenters. The summed E-state index contributed by atoms with van der Waals surface area (Å²) >= 11 is 5.16. The van der Waals surface area contributed by atoms with Gasteiger partial charge in [-0.15, -0.1) is 0 Å². The normalized spacial score (nSPS) is 19.1. The van der Waals surface area contributed by atoms with Gasteiger partial charge in [0.05, 0.1) is 11.5 Å². The summed E-state index contributed by atoms with van der Waals surface area (Å²) in [5.74, 6) is 0.0260. The van der Waals surface area contributed by atoms with Crippen molar-refractivity contribution in [3.63, 3.8) is 0 Å². The average molecular weight is 355 g/mol. The van der Waals surface area contributed by atoms with Crippen LogP contribution in [0.25, 0.3) is 0 Å². The molecule has 0 aromatic heterocycles. The summed E-state index contributed by atoms with van der Waals surface area (Å²) in [6, 6.07) is 7.56. The number of sulfone groups is 1. The molecule has 1 heterocycles. The Hall–Kier alpha value is -1.67.